The minimum absolute atomic E-state index is 0. The molecule has 24 heavy (non-hydrogen) atoms. The van der Waals surface area contributed by atoms with Gasteiger partial charge >= 0.3 is 0 Å². The lowest BCUT2D eigenvalue weighted by Gasteiger charge is -2.13. The topological polar surface area (TPSA) is 72.5 Å². The Hall–Kier alpha value is -1.77. The molecular weight excluding hydrogens is 417 g/mol. The van der Waals surface area contributed by atoms with Gasteiger partial charge in [-0.15, -0.1) is 24.0 Å². The molecule has 1 aromatic carbocycles. The highest BCUT2D eigenvalue weighted by molar-refractivity contribution is 14.0. The molecule has 0 aliphatic carbocycles. The standard InChI is InChI=1S/C17H25N5O.HI/c1-18-17(20-11-9-16(23)22(2)3)19-10-8-13-12-21-15-7-5-4-6-14(13)15;/h4-7,12,21H,8-11H2,1-3H3,(H2,18,19,20);1H. The van der Waals surface area contributed by atoms with E-state index in [0.29, 0.717) is 13.0 Å². The number of aliphatic imine (C=N–C) groups is 1. The monoisotopic (exact) mass is 443 g/mol. The summed E-state index contributed by atoms with van der Waals surface area (Å²) in [5, 5.41) is 7.69. The Morgan fingerprint density at radius 1 is 1.21 bits per heavy atom. The number of halogens is 1. The summed E-state index contributed by atoms with van der Waals surface area (Å²) < 4.78 is 0. The van der Waals surface area contributed by atoms with Gasteiger partial charge in [-0.2, -0.15) is 0 Å². The van der Waals surface area contributed by atoms with E-state index in [-0.39, 0.29) is 29.9 Å². The fraction of sp³-hybridized carbons (Fsp3) is 0.412. The summed E-state index contributed by atoms with van der Waals surface area (Å²) in [7, 11) is 5.25. The van der Waals surface area contributed by atoms with Crippen LogP contribution in [0.25, 0.3) is 10.9 Å². The molecular formula is C17H26IN5O. The SMILES string of the molecule is CN=C(NCCC(=O)N(C)C)NCCc1c[nH]c2ccccc12.I. The van der Waals surface area contributed by atoms with E-state index in [2.05, 4.69) is 45.0 Å². The van der Waals surface area contributed by atoms with Gasteiger partial charge in [-0.3, -0.25) is 9.79 Å². The van der Waals surface area contributed by atoms with Crippen molar-refractivity contribution >= 4 is 46.7 Å². The van der Waals surface area contributed by atoms with Gasteiger partial charge in [0.25, 0.3) is 0 Å². The van der Waals surface area contributed by atoms with Crippen LogP contribution in [0, 0.1) is 0 Å². The lowest BCUT2D eigenvalue weighted by atomic mass is 10.1. The van der Waals surface area contributed by atoms with Gasteiger partial charge in [0.1, 0.15) is 0 Å². The Kier molecular flexibility index (Phi) is 8.59. The summed E-state index contributed by atoms with van der Waals surface area (Å²) in [6, 6.07) is 8.28. The number of H-pyrrole nitrogens is 1. The number of rotatable bonds is 6. The highest BCUT2D eigenvalue weighted by Gasteiger charge is 2.05. The van der Waals surface area contributed by atoms with E-state index < -0.39 is 0 Å². The molecule has 0 bridgehead atoms. The number of hydrogen-bond donors (Lipinski definition) is 3. The van der Waals surface area contributed by atoms with Crippen LogP contribution in [-0.4, -0.2) is 56.0 Å². The van der Waals surface area contributed by atoms with Gasteiger partial charge in [0.15, 0.2) is 5.96 Å². The third kappa shape index (κ3) is 5.70. The molecule has 1 aromatic heterocycles. The second-order valence-electron chi connectivity index (χ2n) is 5.57. The Morgan fingerprint density at radius 3 is 2.62 bits per heavy atom. The summed E-state index contributed by atoms with van der Waals surface area (Å²) >= 11 is 0. The van der Waals surface area contributed by atoms with Crippen molar-refractivity contribution in [2.24, 2.45) is 4.99 Å². The molecule has 132 valence electrons. The number of hydrogen-bond acceptors (Lipinski definition) is 2. The largest absolute Gasteiger partial charge is 0.361 e. The minimum atomic E-state index is 0. The number of amides is 1. The lowest BCUT2D eigenvalue weighted by Crippen LogP contribution is -2.40. The number of fused-ring (bicyclic) bond motifs is 1. The molecule has 0 aliphatic rings. The minimum Gasteiger partial charge on any atom is -0.361 e. The van der Waals surface area contributed by atoms with Gasteiger partial charge < -0.3 is 20.5 Å². The number of nitrogens with one attached hydrogen (secondary N) is 3. The van der Waals surface area contributed by atoms with Crippen LogP contribution in [0.3, 0.4) is 0 Å². The molecule has 0 saturated carbocycles. The summed E-state index contributed by atoms with van der Waals surface area (Å²) in [4.78, 5) is 20.6. The number of benzene rings is 1. The van der Waals surface area contributed by atoms with Crippen LogP contribution in [0.2, 0.25) is 0 Å². The molecule has 0 unspecified atom stereocenters. The predicted molar refractivity (Wildman–Crippen MR) is 110 cm³/mol. The summed E-state index contributed by atoms with van der Waals surface area (Å²) in [6.45, 7) is 1.35. The molecule has 6 nitrogen and oxygen atoms in total. The zero-order chi connectivity index (χ0) is 16.7. The van der Waals surface area contributed by atoms with Crippen LogP contribution in [0.15, 0.2) is 35.5 Å². The zero-order valence-electron chi connectivity index (χ0n) is 14.4. The van der Waals surface area contributed by atoms with Crippen molar-refractivity contribution < 1.29 is 4.79 Å². The van der Waals surface area contributed by atoms with E-state index in [0.717, 1.165) is 24.4 Å². The maximum atomic E-state index is 11.5. The quantitative estimate of drug-likeness (QED) is 0.363. The van der Waals surface area contributed by atoms with Crippen molar-refractivity contribution in [3.8, 4) is 0 Å². The third-order valence-electron chi connectivity index (χ3n) is 3.72. The first-order valence-electron chi connectivity index (χ1n) is 7.81. The van der Waals surface area contributed by atoms with Crippen LogP contribution < -0.4 is 10.6 Å². The fourth-order valence-corrected chi connectivity index (χ4v) is 2.39. The predicted octanol–water partition coefficient (Wildman–Crippen LogP) is 1.97. The Labute approximate surface area is 160 Å². The summed E-state index contributed by atoms with van der Waals surface area (Å²) in [6.07, 6.45) is 3.41. The molecule has 0 atom stereocenters. The first-order valence-corrected chi connectivity index (χ1v) is 7.81. The van der Waals surface area contributed by atoms with Crippen LogP contribution >= 0.6 is 24.0 Å². The Bertz CT molecular complexity index is 680. The second kappa shape index (κ2) is 10.2. The van der Waals surface area contributed by atoms with Crippen LogP contribution in [0.4, 0.5) is 0 Å². The van der Waals surface area contributed by atoms with Gasteiger partial charge in [-0.25, -0.2) is 0 Å². The molecule has 1 heterocycles. The first kappa shape index (κ1) is 20.3. The van der Waals surface area contributed by atoms with Gasteiger partial charge in [0.05, 0.1) is 0 Å². The lowest BCUT2D eigenvalue weighted by molar-refractivity contribution is -0.128. The molecule has 2 rings (SSSR count). The van der Waals surface area contributed by atoms with Crippen molar-refractivity contribution in [1.82, 2.24) is 20.5 Å². The van der Waals surface area contributed by atoms with Crippen molar-refractivity contribution in [2.75, 3.05) is 34.2 Å². The number of aromatic nitrogens is 1. The smallest absolute Gasteiger partial charge is 0.223 e. The molecule has 0 aliphatic heterocycles. The van der Waals surface area contributed by atoms with E-state index in [1.165, 1.54) is 10.9 Å². The van der Waals surface area contributed by atoms with Crippen molar-refractivity contribution in [2.45, 2.75) is 12.8 Å². The van der Waals surface area contributed by atoms with Crippen LogP contribution in [0.1, 0.15) is 12.0 Å². The highest BCUT2D eigenvalue weighted by Crippen LogP contribution is 2.17. The molecule has 0 radical (unpaired) electrons. The number of aromatic amines is 1. The van der Waals surface area contributed by atoms with E-state index in [1.807, 2.05) is 6.07 Å². The maximum absolute atomic E-state index is 11.5. The van der Waals surface area contributed by atoms with E-state index >= 15 is 0 Å². The van der Waals surface area contributed by atoms with Gasteiger partial charge in [0.2, 0.25) is 5.91 Å². The van der Waals surface area contributed by atoms with Crippen LogP contribution in [-0.2, 0) is 11.2 Å². The van der Waals surface area contributed by atoms with Gasteiger partial charge in [0, 0.05) is 57.8 Å². The average Bonchev–Trinajstić information content (AvgIpc) is 2.96. The summed E-state index contributed by atoms with van der Waals surface area (Å²) in [5.41, 5.74) is 2.44. The van der Waals surface area contributed by atoms with E-state index in [1.54, 1.807) is 26.0 Å². The Balaban J connectivity index is 0.00000288. The zero-order valence-corrected chi connectivity index (χ0v) is 16.8. The molecule has 0 spiro atoms. The maximum Gasteiger partial charge on any atom is 0.223 e. The fourth-order valence-electron chi connectivity index (χ4n) is 2.39. The molecule has 7 heteroatoms. The van der Waals surface area contributed by atoms with Crippen molar-refractivity contribution in [1.29, 1.82) is 0 Å². The van der Waals surface area contributed by atoms with Crippen molar-refractivity contribution in [3.63, 3.8) is 0 Å². The normalized spacial score (nSPS) is 11.0. The van der Waals surface area contributed by atoms with Gasteiger partial charge in [-0.1, -0.05) is 18.2 Å². The molecule has 3 N–H and O–H groups in total. The average molecular weight is 443 g/mol. The third-order valence-corrected chi connectivity index (χ3v) is 3.72. The molecule has 1 amide bonds. The number of para-hydroxylation sites is 1. The number of nitrogens with zero attached hydrogens (tertiary/aromatic N) is 2. The molecule has 0 saturated heterocycles. The van der Waals surface area contributed by atoms with Crippen molar-refractivity contribution in [3.05, 3.63) is 36.0 Å². The van der Waals surface area contributed by atoms with Gasteiger partial charge in [-0.05, 0) is 18.1 Å². The Morgan fingerprint density at radius 2 is 1.92 bits per heavy atom. The summed E-state index contributed by atoms with van der Waals surface area (Å²) in [5.74, 6) is 0.822. The van der Waals surface area contributed by atoms with Crippen LogP contribution in [0.5, 0.6) is 0 Å². The second-order valence-corrected chi connectivity index (χ2v) is 5.57. The van der Waals surface area contributed by atoms with E-state index in [9.17, 15) is 4.79 Å². The highest BCUT2D eigenvalue weighted by atomic mass is 127. The first-order chi connectivity index (χ1) is 11.1. The molecule has 2 aromatic rings. The number of guanidine groups is 1. The molecule has 0 fully saturated rings. The number of carbonyl (C=O) groups is 1. The van der Waals surface area contributed by atoms with E-state index in [4.69, 9.17) is 0 Å². The number of carbonyl (C=O) groups excluding carboxylic acids is 1.